The van der Waals surface area contributed by atoms with E-state index in [2.05, 4.69) is 96.6 Å². The molecule has 0 atom stereocenters. The second kappa shape index (κ2) is 12.4. The molecule has 4 N–H and O–H groups in total. The number of hydrogen-bond acceptors (Lipinski definition) is 7. The molecule has 1 aromatic carbocycles. The van der Waals surface area contributed by atoms with Crippen molar-refractivity contribution >= 4 is 17.2 Å². The number of nitrogens with one attached hydrogen (secondary N) is 1. The first kappa shape index (κ1) is 33.4. The van der Waals surface area contributed by atoms with Gasteiger partial charge in [-0.05, 0) is 105 Å². The largest absolute Gasteiger partial charge is 0.485 e. The number of nitrogen functional groups attached to an aromatic ring is 1. The van der Waals surface area contributed by atoms with E-state index in [4.69, 9.17) is 15.5 Å². The van der Waals surface area contributed by atoms with E-state index in [0.29, 0.717) is 30.1 Å². The standard InChI is InChI=1S/C38H52N4O2S/c1-35(2,3)29-19-24(14-15-38(43)16-17-38)18-27(32(29)36(4,5)6)23-44-30-20-26(21-40-33(30)39)31-22-41-34(45-31)25-10-12-28(13-11-25)42-37(7,8)9/h18-22,25,28,42-43H,10-13,16-17,23H2,1-9H3,(H2,39,40). The Morgan fingerprint density at radius 1 is 0.956 bits per heavy atom. The van der Waals surface area contributed by atoms with E-state index in [9.17, 15) is 5.11 Å². The summed E-state index contributed by atoms with van der Waals surface area (Å²) in [5.41, 5.74) is 10.9. The number of rotatable bonds is 6. The molecule has 2 aromatic heterocycles. The third-order valence-electron chi connectivity index (χ3n) is 8.73. The summed E-state index contributed by atoms with van der Waals surface area (Å²) in [4.78, 5) is 10.4. The maximum atomic E-state index is 10.4. The van der Waals surface area contributed by atoms with Crippen molar-refractivity contribution in [3.05, 3.63) is 57.9 Å². The Balaban J connectivity index is 1.37. The minimum atomic E-state index is -0.832. The summed E-state index contributed by atoms with van der Waals surface area (Å²) in [6.07, 6.45) is 9.94. The molecule has 0 spiro atoms. The predicted molar refractivity (Wildman–Crippen MR) is 187 cm³/mol. The van der Waals surface area contributed by atoms with Crippen molar-refractivity contribution in [2.45, 2.75) is 141 Å². The molecule has 2 heterocycles. The second-order valence-electron chi connectivity index (χ2n) is 16.2. The zero-order chi connectivity index (χ0) is 32.8. The van der Waals surface area contributed by atoms with Crippen LogP contribution in [-0.4, -0.2) is 32.3 Å². The molecule has 242 valence electrons. The van der Waals surface area contributed by atoms with Crippen LogP contribution >= 0.6 is 11.3 Å². The first-order valence-corrected chi connectivity index (χ1v) is 17.3. The van der Waals surface area contributed by atoms with Gasteiger partial charge in [0.05, 0.1) is 9.88 Å². The summed E-state index contributed by atoms with van der Waals surface area (Å²) in [7, 11) is 0. The van der Waals surface area contributed by atoms with Crippen LogP contribution in [0.3, 0.4) is 0 Å². The number of aromatic nitrogens is 2. The first-order valence-electron chi connectivity index (χ1n) is 16.5. The number of benzene rings is 1. The smallest absolute Gasteiger partial charge is 0.166 e. The summed E-state index contributed by atoms with van der Waals surface area (Å²) < 4.78 is 6.47. The highest BCUT2D eigenvalue weighted by atomic mass is 32.1. The molecular formula is C38H52N4O2S. The lowest BCUT2D eigenvalue weighted by molar-refractivity contribution is 0.212. The molecule has 0 unspecified atom stereocenters. The number of nitrogens with two attached hydrogens (primary N) is 1. The van der Waals surface area contributed by atoms with Crippen LogP contribution < -0.4 is 15.8 Å². The molecule has 2 fully saturated rings. The van der Waals surface area contributed by atoms with Gasteiger partial charge in [-0.25, -0.2) is 9.97 Å². The van der Waals surface area contributed by atoms with Gasteiger partial charge in [0.1, 0.15) is 12.2 Å². The van der Waals surface area contributed by atoms with Crippen molar-refractivity contribution in [3.8, 4) is 28.0 Å². The molecule has 0 saturated heterocycles. The number of hydrogen-bond donors (Lipinski definition) is 3. The summed E-state index contributed by atoms with van der Waals surface area (Å²) in [6, 6.07) is 6.88. The van der Waals surface area contributed by atoms with Crippen molar-refractivity contribution in [3.63, 3.8) is 0 Å². The van der Waals surface area contributed by atoms with Crippen molar-refractivity contribution in [1.29, 1.82) is 0 Å². The Hall–Kier alpha value is -2.92. The van der Waals surface area contributed by atoms with E-state index in [1.54, 1.807) is 11.3 Å². The molecule has 7 heteroatoms. The Labute approximate surface area is 274 Å². The Morgan fingerprint density at radius 2 is 1.64 bits per heavy atom. The Kier molecular flexibility index (Phi) is 9.18. The van der Waals surface area contributed by atoms with Crippen molar-refractivity contribution in [2.75, 3.05) is 5.73 Å². The highest BCUT2D eigenvalue weighted by molar-refractivity contribution is 7.15. The van der Waals surface area contributed by atoms with Crippen molar-refractivity contribution in [1.82, 2.24) is 15.3 Å². The van der Waals surface area contributed by atoms with Crippen molar-refractivity contribution < 1.29 is 9.84 Å². The van der Waals surface area contributed by atoms with Gasteiger partial charge in [0.2, 0.25) is 0 Å². The van der Waals surface area contributed by atoms with Gasteiger partial charge in [0, 0.05) is 41.0 Å². The van der Waals surface area contributed by atoms with Gasteiger partial charge >= 0.3 is 0 Å². The number of anilines is 1. The number of ether oxygens (including phenoxy) is 1. The maximum absolute atomic E-state index is 10.4. The van der Waals surface area contributed by atoms with Gasteiger partial charge in [0.15, 0.2) is 11.6 Å². The molecule has 2 aliphatic carbocycles. The highest BCUT2D eigenvalue weighted by Gasteiger charge is 2.38. The fourth-order valence-electron chi connectivity index (χ4n) is 6.37. The third kappa shape index (κ3) is 8.47. The number of nitrogens with zero attached hydrogens (tertiary/aromatic N) is 2. The molecule has 0 bridgehead atoms. The minimum absolute atomic E-state index is 0.0989. The van der Waals surface area contributed by atoms with Gasteiger partial charge in [-0.1, -0.05) is 53.4 Å². The Morgan fingerprint density at radius 3 is 2.24 bits per heavy atom. The molecule has 6 nitrogen and oxygen atoms in total. The topological polar surface area (TPSA) is 93.3 Å². The van der Waals surface area contributed by atoms with Gasteiger partial charge in [-0.2, -0.15) is 0 Å². The minimum Gasteiger partial charge on any atom is -0.485 e. The first-order chi connectivity index (χ1) is 20.9. The van der Waals surface area contributed by atoms with Crippen LogP contribution in [0, 0.1) is 11.8 Å². The average Bonchev–Trinajstić information content (AvgIpc) is 3.47. The molecule has 2 saturated carbocycles. The van der Waals surface area contributed by atoms with Gasteiger partial charge < -0.3 is 20.9 Å². The Bertz CT molecular complexity index is 1580. The van der Waals surface area contributed by atoms with Gasteiger partial charge in [-0.15, -0.1) is 11.3 Å². The second-order valence-corrected chi connectivity index (χ2v) is 17.3. The third-order valence-corrected chi connectivity index (χ3v) is 9.94. The molecule has 45 heavy (non-hydrogen) atoms. The molecule has 0 radical (unpaired) electrons. The zero-order valence-corrected chi connectivity index (χ0v) is 29.5. The summed E-state index contributed by atoms with van der Waals surface area (Å²) in [5, 5.41) is 15.3. The summed E-state index contributed by atoms with van der Waals surface area (Å²) in [6.45, 7) is 20.5. The van der Waals surface area contributed by atoms with E-state index in [1.807, 2.05) is 18.5 Å². The number of aliphatic hydroxyl groups is 1. The lowest BCUT2D eigenvalue weighted by atomic mass is 9.72. The molecule has 0 aliphatic heterocycles. The molecule has 0 amide bonds. The quantitative estimate of drug-likeness (QED) is 0.238. The van der Waals surface area contributed by atoms with Crippen LogP contribution in [0.15, 0.2) is 30.6 Å². The van der Waals surface area contributed by atoms with Crippen LogP contribution in [-0.2, 0) is 17.4 Å². The van der Waals surface area contributed by atoms with E-state index < -0.39 is 5.60 Å². The van der Waals surface area contributed by atoms with Gasteiger partial charge in [-0.3, -0.25) is 0 Å². The fraction of sp³-hybridized carbons (Fsp3) is 0.579. The number of thiazole rings is 1. The van der Waals surface area contributed by atoms with E-state index >= 15 is 0 Å². The van der Waals surface area contributed by atoms with Crippen LogP contribution in [0.25, 0.3) is 10.4 Å². The lowest BCUT2D eigenvalue weighted by Crippen LogP contribution is -2.45. The van der Waals surface area contributed by atoms with Crippen LogP contribution in [0.4, 0.5) is 5.82 Å². The molecular weight excluding hydrogens is 577 g/mol. The predicted octanol–water partition coefficient (Wildman–Crippen LogP) is 8.25. The number of pyridine rings is 1. The average molecular weight is 629 g/mol. The molecule has 5 rings (SSSR count). The molecule has 2 aliphatic rings. The van der Waals surface area contributed by atoms with E-state index in [-0.39, 0.29) is 16.4 Å². The van der Waals surface area contributed by atoms with Crippen LogP contribution in [0.2, 0.25) is 0 Å². The fourth-order valence-corrected chi connectivity index (χ4v) is 7.43. The van der Waals surface area contributed by atoms with Crippen LogP contribution in [0.1, 0.15) is 134 Å². The maximum Gasteiger partial charge on any atom is 0.166 e. The lowest BCUT2D eigenvalue weighted by Gasteiger charge is -2.33. The van der Waals surface area contributed by atoms with E-state index in [1.165, 1.54) is 29.0 Å². The van der Waals surface area contributed by atoms with Gasteiger partial charge in [0.25, 0.3) is 0 Å². The van der Waals surface area contributed by atoms with Crippen LogP contribution in [0.5, 0.6) is 5.75 Å². The van der Waals surface area contributed by atoms with E-state index in [0.717, 1.165) is 47.3 Å². The monoisotopic (exact) mass is 628 g/mol. The zero-order valence-electron chi connectivity index (χ0n) is 28.7. The normalized spacial score (nSPS) is 20.0. The summed E-state index contributed by atoms with van der Waals surface area (Å²) >= 11 is 1.76. The van der Waals surface area contributed by atoms with Crippen molar-refractivity contribution in [2.24, 2.45) is 0 Å². The summed E-state index contributed by atoms with van der Waals surface area (Å²) in [5.74, 6) is 7.78. The molecule has 3 aromatic rings. The highest BCUT2D eigenvalue weighted by Crippen LogP contribution is 2.41. The SMILES string of the molecule is CC(C)(C)NC1CCC(c2ncc(-c3cnc(N)c(OCc4cc(C#CC5(O)CC5)cc(C(C)(C)C)c4C(C)(C)C)c3)s2)CC1.